The number of benzene rings is 2. The van der Waals surface area contributed by atoms with E-state index in [0.29, 0.717) is 23.7 Å². The van der Waals surface area contributed by atoms with Crippen molar-refractivity contribution in [3.8, 4) is 5.75 Å². The number of amides is 2. The smallest absolute Gasteiger partial charge is 0.257 e. The molecule has 0 saturated carbocycles. The number of hydrogen-bond acceptors (Lipinski definition) is 3. The molecule has 2 aromatic carbocycles. The number of carbonyl (C=O) groups excluding carboxylic acids is 2. The van der Waals surface area contributed by atoms with Crippen LogP contribution in [0.4, 0.5) is 0 Å². The van der Waals surface area contributed by atoms with E-state index in [1.165, 1.54) is 0 Å². The fourth-order valence-corrected chi connectivity index (χ4v) is 3.02. The van der Waals surface area contributed by atoms with Crippen LogP contribution in [0.2, 0.25) is 5.02 Å². The summed E-state index contributed by atoms with van der Waals surface area (Å²) in [5, 5.41) is 5.11. The molecule has 6 heteroatoms. The lowest BCUT2D eigenvalue weighted by Gasteiger charge is -2.14. The zero-order valence-corrected chi connectivity index (χ0v) is 16.0. The summed E-state index contributed by atoms with van der Waals surface area (Å²) in [6.07, 6.45) is 2.44. The maximum absolute atomic E-state index is 12.3. The van der Waals surface area contributed by atoms with Gasteiger partial charge in [-0.25, -0.2) is 4.99 Å². The van der Waals surface area contributed by atoms with Crippen molar-refractivity contribution < 1.29 is 14.3 Å². The minimum absolute atomic E-state index is 0.0877. The van der Waals surface area contributed by atoms with E-state index in [-0.39, 0.29) is 24.3 Å². The fraction of sp³-hybridized carbons (Fsp3) is 0.286. The minimum Gasteiger partial charge on any atom is -0.484 e. The highest BCUT2D eigenvalue weighted by Crippen LogP contribution is 2.15. The van der Waals surface area contributed by atoms with E-state index in [1.54, 1.807) is 24.3 Å². The van der Waals surface area contributed by atoms with E-state index in [9.17, 15) is 9.59 Å². The monoisotopic (exact) mass is 384 g/mol. The molecular formula is C21H21ClN2O3. The lowest BCUT2D eigenvalue weighted by molar-refractivity contribution is -0.124. The van der Waals surface area contributed by atoms with Gasteiger partial charge in [0.2, 0.25) is 0 Å². The Hall–Kier alpha value is -2.66. The first-order valence-corrected chi connectivity index (χ1v) is 9.17. The second-order valence-electron chi connectivity index (χ2n) is 6.55. The van der Waals surface area contributed by atoms with E-state index in [0.717, 1.165) is 21.7 Å². The molecule has 1 unspecified atom stereocenters. The average molecular weight is 385 g/mol. The molecule has 0 fully saturated rings. The summed E-state index contributed by atoms with van der Waals surface area (Å²) in [5.41, 5.74) is 2.15. The summed E-state index contributed by atoms with van der Waals surface area (Å²) in [7, 11) is 0. The van der Waals surface area contributed by atoms with E-state index in [1.807, 2.05) is 32.1 Å². The Kier molecular flexibility index (Phi) is 5.91. The Bertz CT molecular complexity index is 984. The second-order valence-corrected chi connectivity index (χ2v) is 6.99. The summed E-state index contributed by atoms with van der Waals surface area (Å²) in [6, 6.07) is 10.8. The molecule has 1 N–H and O–H groups in total. The minimum atomic E-state index is -0.322. The van der Waals surface area contributed by atoms with Crippen molar-refractivity contribution in [3.05, 3.63) is 63.1 Å². The van der Waals surface area contributed by atoms with Gasteiger partial charge in [-0.2, -0.15) is 0 Å². The largest absolute Gasteiger partial charge is 0.484 e. The van der Waals surface area contributed by atoms with E-state index in [2.05, 4.69) is 10.3 Å². The van der Waals surface area contributed by atoms with E-state index >= 15 is 0 Å². The van der Waals surface area contributed by atoms with Gasteiger partial charge in [0.1, 0.15) is 5.75 Å². The first-order valence-electron chi connectivity index (χ1n) is 8.80. The van der Waals surface area contributed by atoms with Gasteiger partial charge in [-0.15, -0.1) is 0 Å². The van der Waals surface area contributed by atoms with Crippen molar-refractivity contribution in [2.45, 2.75) is 20.3 Å². The highest BCUT2D eigenvalue weighted by Gasteiger charge is 2.19. The van der Waals surface area contributed by atoms with Gasteiger partial charge in [-0.3, -0.25) is 9.59 Å². The van der Waals surface area contributed by atoms with Crippen molar-refractivity contribution in [3.63, 3.8) is 0 Å². The number of aryl methyl sites for hydroxylation is 1. The van der Waals surface area contributed by atoms with Crippen molar-refractivity contribution >= 4 is 29.5 Å². The van der Waals surface area contributed by atoms with Crippen LogP contribution in [-0.4, -0.2) is 25.0 Å². The summed E-state index contributed by atoms with van der Waals surface area (Å²) in [6.45, 7) is 4.27. The Morgan fingerprint density at radius 1 is 1.19 bits per heavy atom. The molecule has 5 nitrogen and oxygen atoms in total. The first kappa shape index (κ1) is 19.1. The highest BCUT2D eigenvalue weighted by molar-refractivity contribution is 6.30. The van der Waals surface area contributed by atoms with Gasteiger partial charge in [0.05, 0.1) is 11.3 Å². The fourth-order valence-electron chi connectivity index (χ4n) is 2.89. The lowest BCUT2D eigenvalue weighted by Crippen LogP contribution is -2.37. The van der Waals surface area contributed by atoms with Crippen molar-refractivity contribution in [1.82, 2.24) is 5.32 Å². The molecule has 3 rings (SSSR count). The van der Waals surface area contributed by atoms with Crippen molar-refractivity contribution in [1.29, 1.82) is 0 Å². The van der Waals surface area contributed by atoms with E-state index in [4.69, 9.17) is 16.3 Å². The quantitative estimate of drug-likeness (QED) is 0.829. The van der Waals surface area contributed by atoms with Crippen LogP contribution in [0.15, 0.2) is 41.4 Å². The van der Waals surface area contributed by atoms with Gasteiger partial charge in [0.15, 0.2) is 6.61 Å². The summed E-state index contributed by atoms with van der Waals surface area (Å²) >= 11 is 5.80. The molecule has 1 aliphatic rings. The van der Waals surface area contributed by atoms with Crippen LogP contribution in [0.25, 0.3) is 6.08 Å². The Labute approximate surface area is 162 Å². The molecule has 2 amide bonds. The molecule has 27 heavy (non-hydrogen) atoms. The first-order chi connectivity index (χ1) is 12.9. The summed E-state index contributed by atoms with van der Waals surface area (Å²) in [5.74, 6) is -0.150. The van der Waals surface area contributed by atoms with Crippen molar-refractivity contribution in [2.75, 3.05) is 13.2 Å². The van der Waals surface area contributed by atoms with Gasteiger partial charge in [0.25, 0.3) is 11.8 Å². The molecule has 0 aromatic heterocycles. The Morgan fingerprint density at radius 2 is 1.93 bits per heavy atom. The number of ether oxygens (including phenoxy) is 1. The number of hydrogen-bond donors (Lipinski definition) is 1. The standard InChI is InChI=1S/C21H21ClN2O3/c1-13-3-4-15-11-16(21(26)24-20(15)14(13)2)9-10-23-19(25)12-27-18-7-5-17(22)6-8-18/h3-8,11,16H,9-10,12H2,1-2H3,(H,23,25). The molecule has 0 bridgehead atoms. The van der Waals surface area contributed by atoms with Gasteiger partial charge < -0.3 is 10.1 Å². The van der Waals surface area contributed by atoms with Crippen LogP contribution in [0, 0.1) is 19.8 Å². The number of carbonyl (C=O) groups is 2. The van der Waals surface area contributed by atoms with Crippen LogP contribution >= 0.6 is 11.6 Å². The molecule has 2 aromatic rings. The van der Waals surface area contributed by atoms with Crippen molar-refractivity contribution in [2.24, 2.45) is 10.9 Å². The van der Waals surface area contributed by atoms with Crippen LogP contribution in [0.1, 0.15) is 17.5 Å². The molecule has 0 saturated heterocycles. The Balaban J connectivity index is 1.52. The van der Waals surface area contributed by atoms with Gasteiger partial charge in [0, 0.05) is 11.6 Å². The summed E-state index contributed by atoms with van der Waals surface area (Å²) in [4.78, 5) is 28.4. The van der Waals surface area contributed by atoms with Crippen LogP contribution < -0.4 is 20.6 Å². The number of nitrogens with one attached hydrogen (secondary N) is 1. The normalized spacial score (nSPS) is 15.4. The number of rotatable bonds is 6. The SMILES string of the molecule is Cc1ccc2c(c1C)=NC(=O)C(CCNC(=O)COc1ccc(Cl)cc1)C=2. The molecule has 0 aliphatic carbocycles. The summed E-state index contributed by atoms with van der Waals surface area (Å²) < 4.78 is 5.39. The third-order valence-corrected chi connectivity index (χ3v) is 4.87. The molecular weight excluding hydrogens is 364 g/mol. The third kappa shape index (κ3) is 4.74. The van der Waals surface area contributed by atoms with Crippen LogP contribution in [-0.2, 0) is 9.59 Å². The number of fused-ring (bicyclic) bond motifs is 1. The van der Waals surface area contributed by atoms with Crippen LogP contribution in [0.5, 0.6) is 5.75 Å². The number of nitrogens with zero attached hydrogens (tertiary/aromatic N) is 1. The molecule has 1 aliphatic heterocycles. The maximum Gasteiger partial charge on any atom is 0.257 e. The zero-order valence-electron chi connectivity index (χ0n) is 15.3. The van der Waals surface area contributed by atoms with E-state index < -0.39 is 0 Å². The number of halogens is 1. The third-order valence-electron chi connectivity index (χ3n) is 4.61. The maximum atomic E-state index is 12.3. The average Bonchev–Trinajstić information content (AvgIpc) is 2.65. The second kappa shape index (κ2) is 8.35. The predicted octanol–water partition coefficient (Wildman–Crippen LogP) is 2.10. The molecule has 1 heterocycles. The zero-order chi connectivity index (χ0) is 19.4. The lowest BCUT2D eigenvalue weighted by atomic mass is 9.98. The molecule has 140 valence electrons. The Morgan fingerprint density at radius 3 is 2.67 bits per heavy atom. The van der Waals surface area contributed by atoms with Crippen LogP contribution in [0.3, 0.4) is 0 Å². The predicted molar refractivity (Wildman–Crippen MR) is 104 cm³/mol. The van der Waals surface area contributed by atoms with Gasteiger partial charge in [-0.1, -0.05) is 29.8 Å². The highest BCUT2D eigenvalue weighted by atomic mass is 35.5. The topological polar surface area (TPSA) is 67.8 Å². The molecule has 0 spiro atoms. The van der Waals surface area contributed by atoms with Gasteiger partial charge >= 0.3 is 0 Å². The van der Waals surface area contributed by atoms with Gasteiger partial charge in [-0.05, 0) is 60.9 Å². The molecule has 1 atom stereocenters. The molecule has 0 radical (unpaired) electrons.